The average molecular weight is 707 g/mol. The molecule has 1 aliphatic rings. The molecule has 226 valence electrons. The number of diazo groups is 1. The molecule has 19 heteroatoms. The second-order valence-corrected chi connectivity index (χ2v) is 18.3. The van der Waals surface area contributed by atoms with Crippen LogP contribution in [0.3, 0.4) is 0 Å². The van der Waals surface area contributed by atoms with Crippen molar-refractivity contribution in [2.45, 2.75) is 19.6 Å². The number of hydrogen-bond acceptors (Lipinski definition) is 10. The molecule has 0 aromatic heterocycles. The van der Waals surface area contributed by atoms with Gasteiger partial charge in [0.2, 0.25) is 31.2 Å². The van der Waals surface area contributed by atoms with Crippen LogP contribution in [0.4, 0.5) is 5.69 Å². The lowest BCUT2D eigenvalue weighted by atomic mass is 10.1. The minimum Gasteiger partial charge on any atom is -0.501 e. The van der Waals surface area contributed by atoms with Crippen molar-refractivity contribution < 1.29 is 38.8 Å². The third-order valence-corrected chi connectivity index (χ3v) is 13.5. The Morgan fingerprint density at radius 1 is 0.651 bits per heavy atom. The molecule has 0 aliphatic carbocycles. The lowest BCUT2D eigenvalue weighted by Crippen LogP contribution is -2.50. The molecule has 0 spiro atoms. The first kappa shape index (κ1) is 31.3. The van der Waals surface area contributed by atoms with Gasteiger partial charge in [0.1, 0.15) is 0 Å². The van der Waals surface area contributed by atoms with E-state index in [1.165, 1.54) is 36.4 Å². The predicted molar refractivity (Wildman–Crippen MR) is 158 cm³/mol. The molecule has 5 rings (SSSR count). The maximum absolute atomic E-state index is 13.5. The van der Waals surface area contributed by atoms with Crippen molar-refractivity contribution in [1.82, 2.24) is 8.61 Å². The summed E-state index contributed by atoms with van der Waals surface area (Å²) in [4.78, 5) is 1.36. The van der Waals surface area contributed by atoms with E-state index in [4.69, 9.17) is 26.8 Å². The largest absolute Gasteiger partial charge is 0.501 e. The molecule has 0 unspecified atom stereocenters. The third-order valence-electron chi connectivity index (χ3n) is 6.94. The van der Waals surface area contributed by atoms with Gasteiger partial charge in [-0.3, -0.25) is 0 Å². The zero-order valence-corrected chi connectivity index (χ0v) is 26.3. The molecule has 1 saturated heterocycles. The molecule has 1 aliphatic heterocycles. The Balaban J connectivity index is 1.46. The molecule has 1 N–H and O–H groups in total. The summed E-state index contributed by atoms with van der Waals surface area (Å²) in [5.41, 5.74) is -0.143. The van der Waals surface area contributed by atoms with E-state index in [0.29, 0.717) is 0 Å². The van der Waals surface area contributed by atoms with Gasteiger partial charge in [0.15, 0.2) is 4.98 Å². The van der Waals surface area contributed by atoms with Crippen LogP contribution >= 0.6 is 21.4 Å². The Morgan fingerprint density at radius 2 is 1.23 bits per heavy atom. The number of nitrogens with zero attached hydrogens (tertiary/aromatic N) is 4. The fraction of sp³-hybridized carbons (Fsp3) is 0.167. The number of rotatable bonds is 6. The van der Waals surface area contributed by atoms with E-state index in [-0.39, 0.29) is 63.2 Å². The summed E-state index contributed by atoms with van der Waals surface area (Å²) in [6.07, 6.45) is 0. The number of phenolic OH excluding ortho intramolecular Hbond substituents is 1. The van der Waals surface area contributed by atoms with Gasteiger partial charge < -0.3 is 5.11 Å². The molecule has 0 saturated carbocycles. The minimum atomic E-state index is -4.45. The van der Waals surface area contributed by atoms with Crippen LogP contribution in [0.1, 0.15) is 0 Å². The van der Waals surface area contributed by atoms with Gasteiger partial charge in [0.25, 0.3) is 18.1 Å². The molecule has 43 heavy (non-hydrogen) atoms. The highest BCUT2D eigenvalue weighted by molar-refractivity contribution is 8.14. The van der Waals surface area contributed by atoms with Crippen LogP contribution < -0.4 is 0 Å². The minimum absolute atomic E-state index is 0.0326. The van der Waals surface area contributed by atoms with Gasteiger partial charge >= 0.3 is 5.69 Å². The number of halogens is 2. The van der Waals surface area contributed by atoms with E-state index >= 15 is 0 Å². The molecule has 0 amide bonds. The molecular weight excluding hydrogens is 687 g/mol. The molecule has 1 fully saturated rings. The number of hydrogen-bond donors (Lipinski definition) is 1. The Kier molecular flexibility index (Phi) is 7.89. The van der Waals surface area contributed by atoms with E-state index in [1.54, 1.807) is 0 Å². The van der Waals surface area contributed by atoms with E-state index < -0.39 is 53.7 Å². The van der Waals surface area contributed by atoms with Crippen molar-refractivity contribution in [2.75, 3.05) is 26.2 Å². The molecule has 0 atom stereocenters. The summed E-state index contributed by atoms with van der Waals surface area (Å²) >= 11 is 0. The quantitative estimate of drug-likeness (QED) is 0.228. The highest BCUT2D eigenvalue weighted by Gasteiger charge is 2.35. The number of fused-ring (bicyclic) bond motifs is 2. The van der Waals surface area contributed by atoms with Gasteiger partial charge in [-0.1, -0.05) is 18.2 Å². The van der Waals surface area contributed by atoms with Crippen LogP contribution in [0.25, 0.3) is 26.5 Å². The van der Waals surface area contributed by atoms with Gasteiger partial charge in [0.05, 0.1) is 19.6 Å². The predicted octanol–water partition coefficient (Wildman–Crippen LogP) is 3.73. The van der Waals surface area contributed by atoms with Gasteiger partial charge in [-0.15, -0.1) is 0 Å². The van der Waals surface area contributed by atoms with Crippen molar-refractivity contribution in [2.24, 2.45) is 0 Å². The van der Waals surface area contributed by atoms with Crippen LogP contribution in [0.15, 0.2) is 80.2 Å². The molecule has 4 aromatic rings. The SMILES string of the molecule is N#[N+]c1ccc2c(S(=O)(=O)N3CCN(S(=O)(=O)c4ccc5c(S(=O)(=O)Cl)cc(S(=O)(=O)Cl)cc5c4)CC3)cccc2c1O. The number of aromatic hydroxyl groups is 1. The zero-order chi connectivity index (χ0) is 31.5. The summed E-state index contributed by atoms with van der Waals surface area (Å²) in [7, 11) is -6.37. The Bertz CT molecular complexity index is 2320. The van der Waals surface area contributed by atoms with Crippen LogP contribution in [0, 0.1) is 5.39 Å². The molecule has 4 aromatic carbocycles. The summed E-state index contributed by atoms with van der Waals surface area (Å²) in [5, 5.41) is 19.6. The standard InChI is InChI=1S/C24H18Cl2N4O9S4/c25-40(32,33)17-13-15-12-16(4-5-18(15)23(14-17)41(26,34)35)42(36,37)29-8-10-30(11-9-29)43(38,39)22-3-1-2-20-19(22)6-7-21(28-27)24(20)31/h1-7,12-14H,8-11H2/p+1. The van der Waals surface area contributed by atoms with Crippen molar-refractivity contribution in [3.63, 3.8) is 0 Å². The first-order valence-corrected chi connectivity index (χ1v) is 19.5. The van der Waals surface area contributed by atoms with Crippen molar-refractivity contribution in [3.8, 4) is 5.75 Å². The van der Waals surface area contributed by atoms with Crippen molar-refractivity contribution in [1.29, 1.82) is 5.39 Å². The second kappa shape index (κ2) is 10.8. The van der Waals surface area contributed by atoms with Crippen molar-refractivity contribution >= 4 is 86.7 Å². The fourth-order valence-corrected chi connectivity index (χ4v) is 9.89. The topological polar surface area (TPSA) is 191 Å². The normalized spacial score (nSPS) is 15.9. The maximum atomic E-state index is 13.5. The zero-order valence-electron chi connectivity index (χ0n) is 21.5. The lowest BCUT2D eigenvalue weighted by Gasteiger charge is -2.33. The molecule has 13 nitrogen and oxygen atoms in total. The van der Waals surface area contributed by atoms with Crippen LogP contribution in [-0.4, -0.2) is 73.6 Å². The molecule has 0 bridgehead atoms. The van der Waals surface area contributed by atoms with Gasteiger partial charge in [-0.2, -0.15) is 8.61 Å². The highest BCUT2D eigenvalue weighted by Crippen LogP contribution is 2.38. The Labute approximate surface area is 255 Å². The van der Waals surface area contributed by atoms with E-state index in [1.807, 2.05) is 0 Å². The Hall–Kier alpha value is -3.08. The summed E-state index contributed by atoms with van der Waals surface area (Å²) in [5.74, 6) is -0.408. The lowest BCUT2D eigenvalue weighted by molar-refractivity contribution is 0.273. The number of benzene rings is 4. The molecular formula is C24H19Cl2N4O9S4+. The Morgan fingerprint density at radius 3 is 1.81 bits per heavy atom. The number of piperazine rings is 1. The second-order valence-electron chi connectivity index (χ2n) is 9.37. The van der Waals surface area contributed by atoms with Crippen LogP contribution in [0.5, 0.6) is 5.75 Å². The fourth-order valence-electron chi connectivity index (χ4n) is 4.84. The molecule has 0 radical (unpaired) electrons. The van der Waals surface area contributed by atoms with Gasteiger partial charge in [-0.25, -0.2) is 33.7 Å². The van der Waals surface area contributed by atoms with Crippen molar-refractivity contribution in [3.05, 3.63) is 65.6 Å². The maximum Gasteiger partial charge on any atom is 0.426 e. The monoisotopic (exact) mass is 705 g/mol. The number of sulfonamides is 2. The van der Waals surface area contributed by atoms with E-state index in [0.717, 1.165) is 32.9 Å². The van der Waals surface area contributed by atoms with E-state index in [9.17, 15) is 38.8 Å². The smallest absolute Gasteiger partial charge is 0.426 e. The highest BCUT2D eigenvalue weighted by atomic mass is 35.7. The summed E-state index contributed by atoms with van der Waals surface area (Å²) in [6, 6.07) is 12.1. The third kappa shape index (κ3) is 5.65. The first-order chi connectivity index (χ1) is 20.0. The van der Waals surface area contributed by atoms with E-state index in [2.05, 4.69) is 4.98 Å². The first-order valence-electron chi connectivity index (χ1n) is 12.0. The summed E-state index contributed by atoms with van der Waals surface area (Å²) < 4.78 is 104. The van der Waals surface area contributed by atoms with Crippen LogP contribution in [0.2, 0.25) is 0 Å². The van der Waals surface area contributed by atoms with Crippen LogP contribution in [-0.2, 0) is 38.1 Å². The summed E-state index contributed by atoms with van der Waals surface area (Å²) in [6.45, 7) is -0.906. The average Bonchev–Trinajstić information content (AvgIpc) is 2.95. The van der Waals surface area contributed by atoms with Gasteiger partial charge in [-0.05, 0) is 41.8 Å². The number of phenols is 1. The molecule has 1 heterocycles. The van der Waals surface area contributed by atoms with Gasteiger partial charge in [0, 0.05) is 69.8 Å².